The first-order valence-electron chi connectivity index (χ1n) is 11.2. The van der Waals surface area contributed by atoms with Crippen LogP contribution >= 0.6 is 0 Å². The molecule has 0 aromatic heterocycles. The van der Waals surface area contributed by atoms with Crippen LogP contribution in [0.5, 0.6) is 0 Å². The summed E-state index contributed by atoms with van der Waals surface area (Å²) < 4.78 is 0. The molecule has 2 aliphatic rings. The largest absolute Gasteiger partial charge is 0.355 e. The van der Waals surface area contributed by atoms with Crippen molar-refractivity contribution in [2.75, 3.05) is 33.7 Å². The van der Waals surface area contributed by atoms with Crippen molar-refractivity contribution in [2.24, 2.45) is 11.7 Å². The summed E-state index contributed by atoms with van der Waals surface area (Å²) in [7, 11) is 3.68. The lowest BCUT2D eigenvalue weighted by molar-refractivity contribution is -0.132. The summed E-state index contributed by atoms with van der Waals surface area (Å²) in [4.78, 5) is 42.1. The molecule has 3 amide bonds. The van der Waals surface area contributed by atoms with Crippen LogP contribution in [0.1, 0.15) is 64.4 Å². The maximum Gasteiger partial charge on any atom is 0.252 e. The Morgan fingerprint density at radius 2 is 1.68 bits per heavy atom. The first-order valence-corrected chi connectivity index (χ1v) is 11.2. The van der Waals surface area contributed by atoms with Gasteiger partial charge in [0, 0.05) is 39.1 Å². The molecule has 4 N–H and O–H groups in total. The fraction of sp³-hybridized carbons (Fsp3) is 0.609. The van der Waals surface area contributed by atoms with Gasteiger partial charge < -0.3 is 26.2 Å². The molecule has 0 aliphatic carbocycles. The van der Waals surface area contributed by atoms with Crippen molar-refractivity contribution >= 4 is 17.7 Å². The number of hydrogen-bond donors (Lipinski definition) is 3. The van der Waals surface area contributed by atoms with Crippen LogP contribution in [0.3, 0.4) is 0 Å². The average Bonchev–Trinajstić information content (AvgIpc) is 3.18. The SMILES string of the molecule is CNC(=O)c1cc2c(cc1C(=O)NC[C@@H](C)N)CN(C(=O)CCC1CCN(C)CC1)C2. The van der Waals surface area contributed by atoms with Crippen LogP contribution in [0.4, 0.5) is 0 Å². The zero-order chi connectivity index (χ0) is 22.5. The van der Waals surface area contributed by atoms with Crippen molar-refractivity contribution in [3.05, 3.63) is 34.4 Å². The van der Waals surface area contributed by atoms with Crippen LogP contribution in [0.15, 0.2) is 12.1 Å². The second-order valence-corrected chi connectivity index (χ2v) is 8.97. The number of hydrogen-bond acceptors (Lipinski definition) is 5. The highest BCUT2D eigenvalue weighted by molar-refractivity contribution is 6.07. The highest BCUT2D eigenvalue weighted by atomic mass is 16.2. The molecule has 0 spiro atoms. The minimum Gasteiger partial charge on any atom is -0.355 e. The first-order chi connectivity index (χ1) is 14.8. The highest BCUT2D eigenvalue weighted by Gasteiger charge is 2.28. The smallest absolute Gasteiger partial charge is 0.252 e. The maximum absolute atomic E-state index is 12.8. The predicted octanol–water partition coefficient (Wildman–Crippen LogP) is 1.09. The van der Waals surface area contributed by atoms with Crippen molar-refractivity contribution in [1.29, 1.82) is 0 Å². The van der Waals surface area contributed by atoms with Crippen molar-refractivity contribution in [3.63, 3.8) is 0 Å². The topological polar surface area (TPSA) is 108 Å². The van der Waals surface area contributed by atoms with Crippen LogP contribution < -0.4 is 16.4 Å². The third kappa shape index (κ3) is 5.83. The molecule has 8 nitrogen and oxygen atoms in total. The lowest BCUT2D eigenvalue weighted by Gasteiger charge is -2.29. The summed E-state index contributed by atoms with van der Waals surface area (Å²) in [5.41, 5.74) is 8.22. The Bertz CT molecular complexity index is 831. The summed E-state index contributed by atoms with van der Waals surface area (Å²) in [6.07, 6.45) is 3.78. The number of piperidine rings is 1. The van der Waals surface area contributed by atoms with Crippen LogP contribution in [-0.4, -0.2) is 67.3 Å². The monoisotopic (exact) mass is 429 g/mol. The van der Waals surface area contributed by atoms with E-state index < -0.39 is 0 Å². The van der Waals surface area contributed by atoms with Gasteiger partial charge in [-0.15, -0.1) is 0 Å². The summed E-state index contributed by atoms with van der Waals surface area (Å²) in [5.74, 6) is 0.108. The van der Waals surface area contributed by atoms with Gasteiger partial charge in [0.15, 0.2) is 0 Å². The van der Waals surface area contributed by atoms with E-state index in [2.05, 4.69) is 22.6 Å². The second kappa shape index (κ2) is 10.2. The Kier molecular flexibility index (Phi) is 7.67. The van der Waals surface area contributed by atoms with Crippen LogP contribution in [-0.2, 0) is 17.9 Å². The van der Waals surface area contributed by atoms with Gasteiger partial charge in [0.05, 0.1) is 11.1 Å². The van der Waals surface area contributed by atoms with E-state index in [1.165, 1.54) is 7.05 Å². The van der Waals surface area contributed by atoms with Gasteiger partial charge in [0.1, 0.15) is 0 Å². The molecule has 0 bridgehead atoms. The fourth-order valence-electron chi connectivity index (χ4n) is 4.32. The molecule has 0 unspecified atom stereocenters. The number of carbonyl (C=O) groups is 3. The maximum atomic E-state index is 12.8. The minimum atomic E-state index is -0.328. The van der Waals surface area contributed by atoms with Gasteiger partial charge in [0.25, 0.3) is 11.8 Å². The summed E-state index contributed by atoms with van der Waals surface area (Å²) in [6, 6.07) is 3.32. The predicted molar refractivity (Wildman–Crippen MR) is 120 cm³/mol. The van der Waals surface area contributed by atoms with Gasteiger partial charge in [-0.05, 0) is 75.5 Å². The number of amides is 3. The molecule has 2 aliphatic heterocycles. The molecule has 1 saturated heterocycles. The van der Waals surface area contributed by atoms with Gasteiger partial charge in [0.2, 0.25) is 5.91 Å². The number of nitrogens with zero attached hydrogens (tertiary/aromatic N) is 2. The van der Waals surface area contributed by atoms with Gasteiger partial charge in [-0.2, -0.15) is 0 Å². The molecule has 1 aromatic carbocycles. The third-order valence-electron chi connectivity index (χ3n) is 6.32. The molecule has 3 rings (SSSR count). The standard InChI is InChI=1S/C23H35N5O3/c1-15(24)12-26-23(31)20-11-18-14-28(13-17(18)10-19(20)22(30)25-2)21(29)5-4-16-6-8-27(3)9-7-16/h10-11,15-16H,4-9,12-14,24H2,1-3H3,(H,25,30)(H,26,31)/t15-/m1/s1. The van der Waals surface area contributed by atoms with E-state index in [4.69, 9.17) is 5.73 Å². The Morgan fingerprint density at radius 1 is 1.10 bits per heavy atom. The summed E-state index contributed by atoms with van der Waals surface area (Å²) >= 11 is 0. The lowest BCUT2D eigenvalue weighted by atomic mass is 9.92. The fourth-order valence-corrected chi connectivity index (χ4v) is 4.32. The molecule has 170 valence electrons. The van der Waals surface area contributed by atoms with E-state index in [-0.39, 0.29) is 23.8 Å². The molecule has 31 heavy (non-hydrogen) atoms. The van der Waals surface area contributed by atoms with E-state index in [9.17, 15) is 14.4 Å². The van der Waals surface area contributed by atoms with Crippen LogP contribution in [0, 0.1) is 5.92 Å². The van der Waals surface area contributed by atoms with E-state index in [1.54, 1.807) is 19.1 Å². The van der Waals surface area contributed by atoms with Crippen LogP contribution in [0.25, 0.3) is 0 Å². The number of nitrogens with two attached hydrogens (primary N) is 1. The Balaban J connectivity index is 1.68. The Hall–Kier alpha value is -2.45. The molecule has 0 radical (unpaired) electrons. The third-order valence-corrected chi connectivity index (χ3v) is 6.32. The molecule has 1 atom stereocenters. The van der Waals surface area contributed by atoms with Crippen molar-refractivity contribution in [2.45, 2.75) is 51.7 Å². The van der Waals surface area contributed by atoms with Gasteiger partial charge in [-0.25, -0.2) is 0 Å². The number of benzene rings is 1. The van der Waals surface area contributed by atoms with Crippen molar-refractivity contribution in [1.82, 2.24) is 20.4 Å². The molecular formula is C23H35N5O3. The number of nitrogens with one attached hydrogen (secondary N) is 2. The van der Waals surface area contributed by atoms with E-state index in [1.807, 2.05) is 4.90 Å². The van der Waals surface area contributed by atoms with Crippen molar-refractivity contribution < 1.29 is 14.4 Å². The van der Waals surface area contributed by atoms with Crippen LogP contribution in [0.2, 0.25) is 0 Å². The zero-order valence-electron chi connectivity index (χ0n) is 18.9. The molecule has 8 heteroatoms. The Morgan fingerprint density at radius 3 is 2.23 bits per heavy atom. The average molecular weight is 430 g/mol. The van der Waals surface area contributed by atoms with E-state index >= 15 is 0 Å². The zero-order valence-corrected chi connectivity index (χ0v) is 18.9. The highest BCUT2D eigenvalue weighted by Crippen LogP contribution is 2.28. The molecule has 2 heterocycles. The molecule has 1 fully saturated rings. The molecule has 1 aromatic rings. The lowest BCUT2D eigenvalue weighted by Crippen LogP contribution is -2.36. The van der Waals surface area contributed by atoms with Gasteiger partial charge >= 0.3 is 0 Å². The quantitative estimate of drug-likeness (QED) is 0.601. The number of likely N-dealkylation sites (tertiary alicyclic amines) is 1. The number of rotatable bonds is 7. The number of carbonyl (C=O) groups excluding carboxylic acids is 3. The van der Waals surface area contributed by atoms with Gasteiger partial charge in [-0.1, -0.05) is 0 Å². The summed E-state index contributed by atoms with van der Waals surface area (Å²) in [6.45, 7) is 5.28. The van der Waals surface area contributed by atoms with Crippen molar-refractivity contribution in [3.8, 4) is 0 Å². The Labute approximate surface area is 184 Å². The van der Waals surface area contributed by atoms with E-state index in [0.717, 1.165) is 43.5 Å². The summed E-state index contributed by atoms with van der Waals surface area (Å²) in [5, 5.41) is 5.37. The van der Waals surface area contributed by atoms with E-state index in [0.29, 0.717) is 43.1 Å². The normalized spacial score (nSPS) is 17.9. The molecular weight excluding hydrogens is 394 g/mol. The second-order valence-electron chi connectivity index (χ2n) is 8.97. The molecule has 0 saturated carbocycles. The first kappa shape index (κ1) is 23.2. The van der Waals surface area contributed by atoms with Gasteiger partial charge in [-0.3, -0.25) is 14.4 Å². The minimum absolute atomic E-state index is 0.138. The number of fused-ring (bicyclic) bond motifs is 1.